The molecule has 1 aromatic heterocycles. The molecule has 2 aromatic carbocycles. The molecule has 1 amide bonds. The van der Waals surface area contributed by atoms with Crippen LogP contribution in [-0.4, -0.2) is 28.0 Å². The first-order valence-electron chi connectivity index (χ1n) is 7.85. The standard InChI is InChI=1S/C19H18ClN3O2/c1-12-7-8-15(9-13(12)2)19(24)23(3)11-17-21-18(22-25-17)14-5-4-6-16(20)10-14/h4-10H,11H2,1-3H3. The lowest BCUT2D eigenvalue weighted by atomic mass is 10.1. The van der Waals surface area contributed by atoms with E-state index in [0.29, 0.717) is 22.3 Å². The maximum absolute atomic E-state index is 12.6. The van der Waals surface area contributed by atoms with Crippen molar-refractivity contribution in [1.82, 2.24) is 15.0 Å². The van der Waals surface area contributed by atoms with E-state index in [1.54, 1.807) is 24.1 Å². The molecule has 0 spiro atoms. The Kier molecular flexibility index (Phi) is 4.86. The van der Waals surface area contributed by atoms with Gasteiger partial charge in [-0.05, 0) is 49.2 Å². The summed E-state index contributed by atoms with van der Waals surface area (Å²) in [4.78, 5) is 18.4. The number of nitrogens with zero attached hydrogens (tertiary/aromatic N) is 3. The van der Waals surface area contributed by atoms with Crippen LogP contribution in [0.1, 0.15) is 27.4 Å². The third-order valence-corrected chi connectivity index (χ3v) is 4.26. The number of hydrogen-bond donors (Lipinski definition) is 0. The van der Waals surface area contributed by atoms with E-state index in [0.717, 1.165) is 16.7 Å². The number of aryl methyl sites for hydroxylation is 2. The normalized spacial score (nSPS) is 10.7. The Morgan fingerprint density at radius 1 is 1.16 bits per heavy atom. The van der Waals surface area contributed by atoms with E-state index in [1.165, 1.54) is 0 Å². The summed E-state index contributed by atoms with van der Waals surface area (Å²) in [7, 11) is 1.71. The van der Waals surface area contributed by atoms with Crippen molar-refractivity contribution < 1.29 is 9.32 Å². The Labute approximate surface area is 151 Å². The minimum Gasteiger partial charge on any atom is -0.337 e. The van der Waals surface area contributed by atoms with Gasteiger partial charge in [0.1, 0.15) is 0 Å². The highest BCUT2D eigenvalue weighted by atomic mass is 35.5. The van der Waals surface area contributed by atoms with Crippen molar-refractivity contribution in [1.29, 1.82) is 0 Å². The van der Waals surface area contributed by atoms with E-state index in [-0.39, 0.29) is 12.5 Å². The summed E-state index contributed by atoms with van der Waals surface area (Å²) in [5, 5.41) is 4.56. The molecule has 25 heavy (non-hydrogen) atoms. The third-order valence-electron chi connectivity index (χ3n) is 4.02. The van der Waals surface area contributed by atoms with E-state index < -0.39 is 0 Å². The first-order chi connectivity index (χ1) is 11.9. The van der Waals surface area contributed by atoms with Gasteiger partial charge in [-0.15, -0.1) is 0 Å². The van der Waals surface area contributed by atoms with E-state index in [9.17, 15) is 4.79 Å². The lowest BCUT2D eigenvalue weighted by molar-refractivity contribution is 0.0769. The molecule has 0 aliphatic rings. The zero-order valence-corrected chi connectivity index (χ0v) is 15.0. The molecule has 0 aliphatic carbocycles. The molecule has 0 fully saturated rings. The first kappa shape index (κ1) is 17.2. The maximum atomic E-state index is 12.6. The Morgan fingerprint density at radius 2 is 1.96 bits per heavy atom. The van der Waals surface area contributed by atoms with Crippen LogP contribution < -0.4 is 0 Å². The molecule has 0 unspecified atom stereocenters. The monoisotopic (exact) mass is 355 g/mol. The molecule has 0 aliphatic heterocycles. The van der Waals surface area contributed by atoms with Crippen LogP contribution in [0.25, 0.3) is 11.4 Å². The molecule has 128 valence electrons. The van der Waals surface area contributed by atoms with Crippen molar-refractivity contribution in [3.63, 3.8) is 0 Å². The van der Waals surface area contributed by atoms with E-state index in [4.69, 9.17) is 16.1 Å². The van der Waals surface area contributed by atoms with Crippen molar-refractivity contribution in [3.8, 4) is 11.4 Å². The highest BCUT2D eigenvalue weighted by Gasteiger charge is 2.16. The largest absolute Gasteiger partial charge is 0.337 e. The van der Waals surface area contributed by atoms with Crippen molar-refractivity contribution >= 4 is 17.5 Å². The van der Waals surface area contributed by atoms with E-state index >= 15 is 0 Å². The number of carbonyl (C=O) groups excluding carboxylic acids is 1. The Morgan fingerprint density at radius 3 is 2.68 bits per heavy atom. The van der Waals surface area contributed by atoms with Gasteiger partial charge >= 0.3 is 0 Å². The summed E-state index contributed by atoms with van der Waals surface area (Å²) in [6, 6.07) is 12.9. The van der Waals surface area contributed by atoms with E-state index in [1.807, 2.05) is 44.2 Å². The smallest absolute Gasteiger partial charge is 0.254 e. The number of carbonyl (C=O) groups is 1. The molecule has 3 rings (SSSR count). The van der Waals surface area contributed by atoms with Crippen LogP contribution in [0.3, 0.4) is 0 Å². The fourth-order valence-corrected chi connectivity index (χ4v) is 2.62. The van der Waals surface area contributed by atoms with Gasteiger partial charge in [0.2, 0.25) is 11.7 Å². The predicted molar refractivity (Wildman–Crippen MR) is 96.5 cm³/mol. The molecule has 6 heteroatoms. The van der Waals surface area contributed by atoms with Gasteiger partial charge in [-0.3, -0.25) is 4.79 Å². The topological polar surface area (TPSA) is 59.2 Å². The minimum absolute atomic E-state index is 0.0920. The van der Waals surface area contributed by atoms with Gasteiger partial charge in [0.25, 0.3) is 5.91 Å². The van der Waals surface area contributed by atoms with Crippen molar-refractivity contribution in [2.75, 3.05) is 7.05 Å². The number of aromatic nitrogens is 2. The Balaban J connectivity index is 1.74. The average Bonchev–Trinajstić information content (AvgIpc) is 3.05. The molecular weight excluding hydrogens is 338 g/mol. The van der Waals surface area contributed by atoms with Gasteiger partial charge in [-0.2, -0.15) is 4.98 Å². The summed E-state index contributed by atoms with van der Waals surface area (Å²) in [6.45, 7) is 4.24. The van der Waals surface area contributed by atoms with Gasteiger partial charge in [0.15, 0.2) is 0 Å². The van der Waals surface area contributed by atoms with Gasteiger partial charge < -0.3 is 9.42 Å². The number of halogens is 1. The van der Waals surface area contributed by atoms with Crippen LogP contribution in [0.5, 0.6) is 0 Å². The molecule has 0 bridgehead atoms. The highest BCUT2D eigenvalue weighted by Crippen LogP contribution is 2.20. The van der Waals surface area contributed by atoms with Crippen molar-refractivity contribution in [2.24, 2.45) is 0 Å². The average molecular weight is 356 g/mol. The van der Waals surface area contributed by atoms with Crippen molar-refractivity contribution in [2.45, 2.75) is 20.4 Å². The number of hydrogen-bond acceptors (Lipinski definition) is 4. The molecular formula is C19H18ClN3O2. The zero-order valence-electron chi connectivity index (χ0n) is 14.3. The zero-order chi connectivity index (χ0) is 18.0. The molecule has 0 radical (unpaired) electrons. The summed E-state index contributed by atoms with van der Waals surface area (Å²) < 4.78 is 5.26. The lowest BCUT2D eigenvalue weighted by Gasteiger charge is -2.15. The van der Waals surface area contributed by atoms with Crippen LogP contribution >= 0.6 is 11.6 Å². The number of amides is 1. The first-order valence-corrected chi connectivity index (χ1v) is 8.23. The highest BCUT2D eigenvalue weighted by molar-refractivity contribution is 6.30. The van der Waals surface area contributed by atoms with Crippen LogP contribution in [0.4, 0.5) is 0 Å². The second-order valence-electron chi connectivity index (χ2n) is 5.98. The predicted octanol–water partition coefficient (Wildman–Crippen LogP) is 4.28. The molecule has 5 nitrogen and oxygen atoms in total. The minimum atomic E-state index is -0.0920. The van der Waals surface area contributed by atoms with Crippen LogP contribution in [0.15, 0.2) is 47.0 Å². The van der Waals surface area contributed by atoms with Crippen LogP contribution in [0, 0.1) is 13.8 Å². The fraction of sp³-hybridized carbons (Fsp3) is 0.211. The SMILES string of the molecule is Cc1ccc(C(=O)N(C)Cc2nc(-c3cccc(Cl)c3)no2)cc1C. The quantitative estimate of drug-likeness (QED) is 0.700. The van der Waals surface area contributed by atoms with Crippen LogP contribution in [0.2, 0.25) is 5.02 Å². The Hall–Kier alpha value is -2.66. The summed E-state index contributed by atoms with van der Waals surface area (Å²) in [5.74, 6) is 0.727. The molecule has 0 atom stereocenters. The number of rotatable bonds is 4. The summed E-state index contributed by atoms with van der Waals surface area (Å²) in [6.07, 6.45) is 0. The van der Waals surface area contributed by atoms with Crippen LogP contribution in [-0.2, 0) is 6.54 Å². The molecule has 0 saturated heterocycles. The molecule has 3 aromatic rings. The fourth-order valence-electron chi connectivity index (χ4n) is 2.43. The van der Waals surface area contributed by atoms with E-state index in [2.05, 4.69) is 10.1 Å². The number of benzene rings is 2. The lowest BCUT2D eigenvalue weighted by Crippen LogP contribution is -2.26. The molecule has 0 saturated carbocycles. The summed E-state index contributed by atoms with van der Waals surface area (Å²) >= 11 is 5.98. The third kappa shape index (κ3) is 3.88. The molecule has 1 heterocycles. The van der Waals surface area contributed by atoms with Gasteiger partial charge in [0, 0.05) is 23.2 Å². The molecule has 0 N–H and O–H groups in total. The Bertz CT molecular complexity index is 921. The van der Waals surface area contributed by atoms with Gasteiger partial charge in [-0.25, -0.2) is 0 Å². The van der Waals surface area contributed by atoms with Crippen molar-refractivity contribution in [3.05, 3.63) is 70.1 Å². The summed E-state index contributed by atoms with van der Waals surface area (Å²) in [5.41, 5.74) is 3.65. The van der Waals surface area contributed by atoms with Gasteiger partial charge in [0.05, 0.1) is 6.54 Å². The second-order valence-corrected chi connectivity index (χ2v) is 6.42. The second kappa shape index (κ2) is 7.07. The maximum Gasteiger partial charge on any atom is 0.254 e. The van der Waals surface area contributed by atoms with Gasteiger partial charge in [-0.1, -0.05) is 35.0 Å².